The molecule has 0 aliphatic carbocycles. The third-order valence-electron chi connectivity index (χ3n) is 12.7. The van der Waals surface area contributed by atoms with Crippen LogP contribution >= 0.6 is 22.7 Å². The monoisotopic (exact) mass is 759 g/mol. The van der Waals surface area contributed by atoms with Gasteiger partial charge in [-0.1, -0.05) is 109 Å². The highest BCUT2D eigenvalue weighted by Gasteiger charge is 2.47. The van der Waals surface area contributed by atoms with Crippen LogP contribution < -0.4 is 25.5 Å². The van der Waals surface area contributed by atoms with E-state index < -0.39 is 0 Å². The molecule has 0 N–H and O–H groups in total. The SMILES string of the molecule is Cc1cc2c3c(c1)N1c4c(cccc4-n4c5ccccc5c5cccc1c54)B3c1sc3ccc(-c4ccccc4)cc3c1N2c1cccc2c1sc1ccccc12. The Labute approximate surface area is 337 Å². The Balaban J connectivity index is 1.14. The lowest BCUT2D eigenvalue weighted by Crippen LogP contribution is -2.61. The van der Waals surface area contributed by atoms with E-state index in [1.54, 1.807) is 0 Å². The van der Waals surface area contributed by atoms with Gasteiger partial charge < -0.3 is 14.4 Å². The van der Waals surface area contributed by atoms with Crippen molar-refractivity contribution in [2.45, 2.75) is 6.92 Å². The summed E-state index contributed by atoms with van der Waals surface area (Å²) in [6.07, 6.45) is 0. The van der Waals surface area contributed by atoms with Crippen molar-refractivity contribution < 1.29 is 0 Å². The molecular weight excluding hydrogens is 730 g/mol. The molecular formula is C51H30BN3S2. The second kappa shape index (κ2) is 10.8. The van der Waals surface area contributed by atoms with Gasteiger partial charge in [-0.05, 0) is 89.1 Å². The largest absolute Gasteiger partial charge is 0.309 e. The average molecular weight is 760 g/mol. The highest BCUT2D eigenvalue weighted by atomic mass is 32.1. The summed E-state index contributed by atoms with van der Waals surface area (Å²) in [4.78, 5) is 5.26. The molecule has 0 bridgehead atoms. The highest BCUT2D eigenvalue weighted by Crippen LogP contribution is 2.55. The summed E-state index contributed by atoms with van der Waals surface area (Å²) in [5, 5.41) is 6.52. The maximum absolute atomic E-state index is 2.65. The number of aromatic nitrogens is 1. The van der Waals surface area contributed by atoms with Crippen LogP contribution in [-0.4, -0.2) is 11.3 Å². The molecule has 264 valence electrons. The molecule has 6 heterocycles. The van der Waals surface area contributed by atoms with E-state index in [1.165, 1.54) is 124 Å². The van der Waals surface area contributed by atoms with E-state index >= 15 is 0 Å². The van der Waals surface area contributed by atoms with Crippen molar-refractivity contribution in [1.82, 2.24) is 4.57 Å². The molecule has 3 aliphatic rings. The summed E-state index contributed by atoms with van der Waals surface area (Å²) in [5.74, 6) is 0. The van der Waals surface area contributed by atoms with Crippen LogP contribution in [0.5, 0.6) is 0 Å². The van der Waals surface area contributed by atoms with Crippen LogP contribution in [0.3, 0.4) is 0 Å². The molecule has 0 spiro atoms. The van der Waals surface area contributed by atoms with Crippen LogP contribution in [0.25, 0.3) is 68.9 Å². The molecule has 14 rings (SSSR count). The van der Waals surface area contributed by atoms with Crippen molar-refractivity contribution in [3.8, 4) is 16.8 Å². The average Bonchev–Trinajstić information content (AvgIpc) is 3.94. The van der Waals surface area contributed by atoms with E-state index in [2.05, 4.69) is 185 Å². The number of fused-ring (bicyclic) bond motifs is 14. The van der Waals surface area contributed by atoms with Crippen LogP contribution in [0, 0.1) is 6.92 Å². The summed E-state index contributed by atoms with van der Waals surface area (Å²) < 4.78 is 7.89. The minimum absolute atomic E-state index is 0.0646. The van der Waals surface area contributed by atoms with Gasteiger partial charge in [-0.3, -0.25) is 0 Å². The van der Waals surface area contributed by atoms with Gasteiger partial charge in [0.25, 0.3) is 6.71 Å². The van der Waals surface area contributed by atoms with Crippen LogP contribution in [0.1, 0.15) is 5.56 Å². The molecule has 6 heteroatoms. The number of aryl methyl sites for hydroxylation is 1. The maximum atomic E-state index is 2.65. The van der Waals surface area contributed by atoms with E-state index in [9.17, 15) is 0 Å². The zero-order valence-electron chi connectivity index (χ0n) is 30.8. The smallest absolute Gasteiger partial charge is 0.264 e. The summed E-state index contributed by atoms with van der Waals surface area (Å²) in [5.41, 5.74) is 17.9. The highest BCUT2D eigenvalue weighted by molar-refractivity contribution is 7.34. The van der Waals surface area contributed by atoms with Gasteiger partial charge in [0.1, 0.15) is 0 Å². The number of thiophene rings is 2. The fourth-order valence-corrected chi connectivity index (χ4v) is 13.0. The van der Waals surface area contributed by atoms with E-state index in [4.69, 9.17) is 0 Å². The van der Waals surface area contributed by atoms with Gasteiger partial charge in [0.2, 0.25) is 0 Å². The predicted molar refractivity (Wildman–Crippen MR) is 247 cm³/mol. The number of hydrogen-bond donors (Lipinski definition) is 0. The lowest BCUT2D eigenvalue weighted by atomic mass is 9.36. The standard InChI is InChI=1S/C51H30BN3S2/c1-29-26-42-46-43(27-29)55(41-22-10-17-35-33-15-6-8-23-44(33)56-50(35)41)48-36-28-31(30-12-3-2-4-13-30)24-25-45(36)57-51(48)52(46)37-18-11-21-40-49(37)54(42)39-20-9-16-34-32-14-5-7-19-38(32)53(40)47(34)39/h2-28H,1H3. The van der Waals surface area contributed by atoms with Gasteiger partial charge >= 0.3 is 0 Å². The molecule has 0 fully saturated rings. The minimum Gasteiger partial charge on any atom is -0.309 e. The Kier molecular flexibility index (Phi) is 5.81. The molecule has 0 amide bonds. The zero-order chi connectivity index (χ0) is 37.1. The van der Waals surface area contributed by atoms with Crippen molar-refractivity contribution in [1.29, 1.82) is 0 Å². The Morgan fingerprint density at radius 1 is 0.456 bits per heavy atom. The summed E-state index contributed by atoms with van der Waals surface area (Å²) in [7, 11) is 0. The van der Waals surface area contributed by atoms with Crippen LogP contribution in [0.15, 0.2) is 164 Å². The van der Waals surface area contributed by atoms with Crippen LogP contribution in [-0.2, 0) is 0 Å². The second-order valence-corrected chi connectivity index (χ2v) is 17.8. The van der Waals surface area contributed by atoms with Crippen molar-refractivity contribution in [3.63, 3.8) is 0 Å². The molecule has 0 unspecified atom stereocenters. The molecule has 0 saturated heterocycles. The van der Waals surface area contributed by atoms with Gasteiger partial charge in [0.15, 0.2) is 0 Å². The number of benzene rings is 8. The third-order valence-corrected chi connectivity index (χ3v) is 15.1. The van der Waals surface area contributed by atoms with E-state index in [1.807, 2.05) is 22.7 Å². The molecule has 8 aromatic carbocycles. The van der Waals surface area contributed by atoms with Gasteiger partial charge in [0, 0.05) is 52.5 Å². The Bertz CT molecular complexity index is 3580. The summed E-state index contributed by atoms with van der Waals surface area (Å²) in [6.45, 7) is 2.34. The Morgan fingerprint density at radius 2 is 1.14 bits per heavy atom. The van der Waals surface area contributed by atoms with Crippen molar-refractivity contribution in [2.24, 2.45) is 0 Å². The normalized spacial score (nSPS) is 13.6. The van der Waals surface area contributed by atoms with Crippen molar-refractivity contribution in [2.75, 3.05) is 9.80 Å². The van der Waals surface area contributed by atoms with Crippen molar-refractivity contribution in [3.05, 3.63) is 169 Å². The fraction of sp³-hybridized carbons (Fsp3) is 0.0196. The van der Waals surface area contributed by atoms with E-state index in [-0.39, 0.29) is 6.71 Å². The zero-order valence-corrected chi connectivity index (χ0v) is 32.5. The number of para-hydroxylation sites is 3. The first-order chi connectivity index (χ1) is 28.2. The predicted octanol–water partition coefficient (Wildman–Crippen LogP) is 12.7. The molecule has 3 aliphatic heterocycles. The molecule has 0 saturated carbocycles. The molecule has 11 aromatic rings. The lowest BCUT2D eigenvalue weighted by molar-refractivity contribution is 1.11. The van der Waals surface area contributed by atoms with E-state index in [0.29, 0.717) is 0 Å². The van der Waals surface area contributed by atoms with E-state index in [0.717, 1.165) is 0 Å². The number of hydrogen-bond acceptors (Lipinski definition) is 4. The molecule has 57 heavy (non-hydrogen) atoms. The van der Waals surface area contributed by atoms with Gasteiger partial charge in [-0.25, -0.2) is 0 Å². The Hall–Kier alpha value is -6.60. The van der Waals surface area contributed by atoms with Gasteiger partial charge in [-0.15, -0.1) is 22.7 Å². The maximum Gasteiger partial charge on any atom is 0.264 e. The van der Waals surface area contributed by atoms with Gasteiger partial charge in [0.05, 0.1) is 44.2 Å². The third kappa shape index (κ3) is 3.82. The minimum atomic E-state index is 0.0646. The first kappa shape index (κ1) is 30.6. The van der Waals surface area contributed by atoms with Crippen LogP contribution in [0.2, 0.25) is 0 Å². The second-order valence-electron chi connectivity index (χ2n) is 15.7. The van der Waals surface area contributed by atoms with Crippen molar-refractivity contribution >= 4 is 131 Å². The molecule has 0 radical (unpaired) electrons. The van der Waals surface area contributed by atoms with Gasteiger partial charge in [-0.2, -0.15) is 0 Å². The summed E-state index contributed by atoms with van der Waals surface area (Å²) >= 11 is 3.88. The number of anilines is 6. The first-order valence-electron chi connectivity index (χ1n) is 19.6. The first-order valence-corrected chi connectivity index (χ1v) is 21.3. The molecule has 3 nitrogen and oxygen atoms in total. The molecule has 0 atom stereocenters. The number of nitrogens with zero attached hydrogens (tertiary/aromatic N) is 3. The Morgan fingerprint density at radius 3 is 2.02 bits per heavy atom. The number of rotatable bonds is 2. The fourth-order valence-electron chi connectivity index (χ4n) is 10.5. The quantitative estimate of drug-likeness (QED) is 0.163. The lowest BCUT2D eigenvalue weighted by Gasteiger charge is -2.45. The summed E-state index contributed by atoms with van der Waals surface area (Å²) in [6, 6.07) is 61.5. The molecule has 3 aromatic heterocycles. The van der Waals surface area contributed by atoms with Crippen LogP contribution in [0.4, 0.5) is 34.1 Å². The topological polar surface area (TPSA) is 11.4 Å².